The normalized spacial score (nSPS) is 19.2. The zero-order valence-electron chi connectivity index (χ0n) is 17.5. The number of piperazine rings is 1. The fraction of sp³-hybridized carbons (Fsp3) is 0.591. The number of nitrogens with zero attached hydrogens (tertiary/aromatic N) is 5. The number of hydrogen-bond acceptors (Lipinski definition) is 7. The van der Waals surface area contributed by atoms with E-state index in [0.717, 1.165) is 62.3 Å². The van der Waals surface area contributed by atoms with Gasteiger partial charge in [-0.05, 0) is 32.0 Å². The van der Waals surface area contributed by atoms with Gasteiger partial charge in [0.05, 0.1) is 5.69 Å². The number of nitrogens with one attached hydrogen (secondary N) is 2. The number of hydrogen-bond donors (Lipinski definition) is 2. The van der Waals surface area contributed by atoms with Crippen molar-refractivity contribution in [2.24, 2.45) is 0 Å². The van der Waals surface area contributed by atoms with Crippen LogP contribution in [-0.4, -0.2) is 77.1 Å². The van der Waals surface area contributed by atoms with E-state index in [-0.39, 0.29) is 0 Å². The molecule has 4 rings (SSSR count). The third kappa shape index (κ3) is 5.87. The van der Waals surface area contributed by atoms with Crippen molar-refractivity contribution in [3.63, 3.8) is 0 Å². The lowest BCUT2D eigenvalue weighted by molar-refractivity contribution is 0.158. The lowest BCUT2D eigenvalue weighted by Gasteiger charge is -2.32. The van der Waals surface area contributed by atoms with Gasteiger partial charge in [-0.25, -0.2) is 4.98 Å². The first-order chi connectivity index (χ1) is 14.3. The second kappa shape index (κ2) is 9.98. The number of pyridine rings is 1. The van der Waals surface area contributed by atoms with Gasteiger partial charge in [-0.3, -0.25) is 9.88 Å². The molecule has 2 aromatic heterocycles. The average molecular weight is 396 g/mol. The molecule has 0 aromatic carbocycles. The standard InChI is InChI=1S/C22H33N7/c1-28-12-14-29(15-13-28)11-10-24-21-16-20(18-6-5-9-23-17-18)26-22(27-21)25-19-7-3-2-4-8-19/h5-6,9,16-17,19H,2-4,7-8,10-15H2,1H3,(H2,24,25,26,27). The lowest BCUT2D eigenvalue weighted by atomic mass is 9.96. The summed E-state index contributed by atoms with van der Waals surface area (Å²) in [4.78, 5) is 18.7. The molecule has 7 nitrogen and oxygen atoms in total. The van der Waals surface area contributed by atoms with Crippen molar-refractivity contribution in [3.05, 3.63) is 30.6 Å². The Bertz CT molecular complexity index is 753. The molecule has 0 unspecified atom stereocenters. The summed E-state index contributed by atoms with van der Waals surface area (Å²) < 4.78 is 0. The molecule has 0 bridgehead atoms. The van der Waals surface area contributed by atoms with Crippen molar-refractivity contribution >= 4 is 11.8 Å². The number of likely N-dealkylation sites (N-methyl/N-ethyl adjacent to an activating group) is 1. The van der Waals surface area contributed by atoms with Gasteiger partial charge in [0.15, 0.2) is 0 Å². The molecule has 2 aliphatic rings. The maximum Gasteiger partial charge on any atom is 0.225 e. The quantitative estimate of drug-likeness (QED) is 0.747. The fourth-order valence-corrected chi connectivity index (χ4v) is 4.11. The van der Waals surface area contributed by atoms with Gasteiger partial charge in [0.25, 0.3) is 0 Å². The summed E-state index contributed by atoms with van der Waals surface area (Å²) in [5, 5.41) is 7.10. The van der Waals surface area contributed by atoms with Gasteiger partial charge in [-0.2, -0.15) is 4.98 Å². The summed E-state index contributed by atoms with van der Waals surface area (Å²) in [6.07, 6.45) is 9.97. The van der Waals surface area contributed by atoms with Crippen LogP contribution in [0.3, 0.4) is 0 Å². The van der Waals surface area contributed by atoms with Crippen LogP contribution in [0.1, 0.15) is 32.1 Å². The molecule has 1 aliphatic carbocycles. The minimum Gasteiger partial charge on any atom is -0.369 e. The lowest BCUT2D eigenvalue weighted by Crippen LogP contribution is -2.45. The average Bonchev–Trinajstić information content (AvgIpc) is 2.76. The Kier molecular flexibility index (Phi) is 6.90. The summed E-state index contributed by atoms with van der Waals surface area (Å²) in [6, 6.07) is 6.51. The van der Waals surface area contributed by atoms with Gasteiger partial charge in [-0.15, -0.1) is 0 Å². The molecule has 7 heteroatoms. The SMILES string of the molecule is CN1CCN(CCNc2cc(-c3cccnc3)nc(NC3CCCCC3)n2)CC1. The Balaban J connectivity index is 1.43. The first-order valence-electron chi connectivity index (χ1n) is 11.0. The van der Waals surface area contributed by atoms with Crippen LogP contribution in [0.25, 0.3) is 11.3 Å². The molecule has 0 amide bonds. The van der Waals surface area contributed by atoms with Crippen LogP contribution in [0.5, 0.6) is 0 Å². The van der Waals surface area contributed by atoms with Gasteiger partial charge < -0.3 is 15.5 Å². The molecule has 0 atom stereocenters. The van der Waals surface area contributed by atoms with Crippen LogP contribution in [0.4, 0.5) is 11.8 Å². The monoisotopic (exact) mass is 395 g/mol. The van der Waals surface area contributed by atoms with E-state index in [1.807, 2.05) is 24.4 Å². The molecule has 1 aliphatic heterocycles. The third-order valence-corrected chi connectivity index (χ3v) is 5.95. The van der Waals surface area contributed by atoms with Crippen molar-refractivity contribution in [3.8, 4) is 11.3 Å². The van der Waals surface area contributed by atoms with Crippen molar-refractivity contribution in [1.29, 1.82) is 0 Å². The van der Waals surface area contributed by atoms with Crippen molar-refractivity contribution in [1.82, 2.24) is 24.8 Å². The van der Waals surface area contributed by atoms with Gasteiger partial charge in [0.2, 0.25) is 5.95 Å². The first kappa shape index (κ1) is 20.0. The smallest absolute Gasteiger partial charge is 0.225 e. The Morgan fingerprint density at radius 1 is 1.07 bits per heavy atom. The van der Waals surface area contributed by atoms with Gasteiger partial charge in [-0.1, -0.05) is 19.3 Å². The van der Waals surface area contributed by atoms with E-state index < -0.39 is 0 Å². The van der Waals surface area contributed by atoms with Crippen LogP contribution >= 0.6 is 0 Å². The van der Waals surface area contributed by atoms with Gasteiger partial charge in [0, 0.05) is 69.3 Å². The Hall–Kier alpha value is -2.25. The number of rotatable bonds is 7. The van der Waals surface area contributed by atoms with Gasteiger partial charge in [0.1, 0.15) is 5.82 Å². The van der Waals surface area contributed by atoms with E-state index in [9.17, 15) is 0 Å². The first-order valence-corrected chi connectivity index (χ1v) is 11.0. The Morgan fingerprint density at radius 2 is 1.90 bits per heavy atom. The summed E-state index contributed by atoms with van der Waals surface area (Å²) in [5.74, 6) is 1.60. The Labute approximate surface area is 173 Å². The van der Waals surface area contributed by atoms with Gasteiger partial charge >= 0.3 is 0 Å². The predicted octanol–water partition coefficient (Wildman–Crippen LogP) is 2.94. The van der Waals surface area contributed by atoms with Crippen LogP contribution in [0, 0.1) is 0 Å². The highest BCUT2D eigenvalue weighted by Gasteiger charge is 2.16. The maximum atomic E-state index is 4.79. The van der Waals surface area contributed by atoms with E-state index in [1.54, 1.807) is 6.20 Å². The van der Waals surface area contributed by atoms with E-state index in [0.29, 0.717) is 6.04 Å². The second-order valence-electron chi connectivity index (χ2n) is 8.25. The highest BCUT2D eigenvalue weighted by molar-refractivity contribution is 5.63. The van der Waals surface area contributed by atoms with E-state index in [2.05, 4.69) is 32.5 Å². The molecular weight excluding hydrogens is 362 g/mol. The van der Waals surface area contributed by atoms with E-state index in [4.69, 9.17) is 9.97 Å². The molecule has 156 valence electrons. The highest BCUT2D eigenvalue weighted by atomic mass is 15.3. The molecule has 2 fully saturated rings. The molecule has 1 saturated carbocycles. The minimum absolute atomic E-state index is 0.478. The highest BCUT2D eigenvalue weighted by Crippen LogP contribution is 2.24. The summed E-state index contributed by atoms with van der Waals surface area (Å²) in [5.41, 5.74) is 1.93. The zero-order chi connectivity index (χ0) is 19.9. The zero-order valence-corrected chi connectivity index (χ0v) is 17.5. The molecule has 1 saturated heterocycles. The fourth-order valence-electron chi connectivity index (χ4n) is 4.11. The van der Waals surface area contributed by atoms with E-state index >= 15 is 0 Å². The van der Waals surface area contributed by atoms with Crippen LogP contribution < -0.4 is 10.6 Å². The van der Waals surface area contributed by atoms with Crippen LogP contribution in [0.2, 0.25) is 0 Å². The Morgan fingerprint density at radius 3 is 2.66 bits per heavy atom. The minimum atomic E-state index is 0.478. The van der Waals surface area contributed by atoms with Crippen LogP contribution in [0.15, 0.2) is 30.6 Å². The molecule has 2 aromatic rings. The number of anilines is 2. The predicted molar refractivity (Wildman–Crippen MR) is 118 cm³/mol. The maximum absolute atomic E-state index is 4.79. The largest absolute Gasteiger partial charge is 0.369 e. The molecule has 2 N–H and O–H groups in total. The topological polar surface area (TPSA) is 69.2 Å². The molecule has 0 radical (unpaired) electrons. The molecule has 0 spiro atoms. The molecular formula is C22H33N7. The van der Waals surface area contributed by atoms with Crippen molar-refractivity contribution in [2.45, 2.75) is 38.1 Å². The van der Waals surface area contributed by atoms with Crippen molar-refractivity contribution in [2.75, 3.05) is 56.9 Å². The summed E-state index contributed by atoms with van der Waals surface area (Å²) in [7, 11) is 2.19. The molecule has 3 heterocycles. The third-order valence-electron chi connectivity index (χ3n) is 5.95. The summed E-state index contributed by atoms with van der Waals surface area (Å²) >= 11 is 0. The number of aromatic nitrogens is 3. The summed E-state index contributed by atoms with van der Waals surface area (Å²) in [6.45, 7) is 6.48. The second-order valence-corrected chi connectivity index (χ2v) is 8.25. The van der Waals surface area contributed by atoms with Crippen molar-refractivity contribution < 1.29 is 0 Å². The van der Waals surface area contributed by atoms with E-state index in [1.165, 1.54) is 32.1 Å². The van der Waals surface area contributed by atoms with Crippen LogP contribution in [-0.2, 0) is 0 Å². The molecule has 29 heavy (non-hydrogen) atoms.